The fourth-order valence-electron chi connectivity index (χ4n) is 2.52. The molecule has 2 aromatic rings. The molecule has 26 heavy (non-hydrogen) atoms. The van der Waals surface area contributed by atoms with Crippen LogP contribution in [0.3, 0.4) is 0 Å². The van der Waals surface area contributed by atoms with Gasteiger partial charge in [0.2, 0.25) is 0 Å². The van der Waals surface area contributed by atoms with Crippen LogP contribution in [0.5, 0.6) is 23.0 Å². The molecule has 0 aliphatic rings. The van der Waals surface area contributed by atoms with Crippen LogP contribution in [0.25, 0.3) is 0 Å². The van der Waals surface area contributed by atoms with Crippen LogP contribution in [0.2, 0.25) is 0 Å². The van der Waals surface area contributed by atoms with E-state index in [2.05, 4.69) is 5.32 Å². The van der Waals surface area contributed by atoms with E-state index in [4.69, 9.17) is 18.9 Å². The largest absolute Gasteiger partial charge is 0.493 e. The van der Waals surface area contributed by atoms with Gasteiger partial charge >= 0.3 is 0 Å². The molecule has 142 valence electrons. The third kappa shape index (κ3) is 5.82. The maximum Gasteiger partial charge on any atom is 0.161 e. The van der Waals surface area contributed by atoms with Crippen molar-refractivity contribution in [3.8, 4) is 23.0 Å². The van der Waals surface area contributed by atoms with Gasteiger partial charge in [0.1, 0.15) is 12.7 Å². The number of aliphatic hydroxyl groups excluding tert-OH is 1. The number of nitrogens with one attached hydrogen (secondary N) is 1. The minimum atomic E-state index is -0.606. The normalized spacial score (nSPS) is 11.7. The summed E-state index contributed by atoms with van der Waals surface area (Å²) in [5.74, 6) is 2.71. The van der Waals surface area contributed by atoms with E-state index in [9.17, 15) is 5.11 Å². The van der Waals surface area contributed by atoms with Crippen LogP contribution in [0, 0.1) is 0 Å². The Hall–Kier alpha value is -2.44. The lowest BCUT2D eigenvalue weighted by Crippen LogP contribution is -2.32. The van der Waals surface area contributed by atoms with Crippen LogP contribution in [0.15, 0.2) is 42.5 Å². The van der Waals surface area contributed by atoms with Crippen molar-refractivity contribution < 1.29 is 24.1 Å². The van der Waals surface area contributed by atoms with Gasteiger partial charge in [0.25, 0.3) is 0 Å². The second kappa shape index (κ2) is 10.5. The van der Waals surface area contributed by atoms with Gasteiger partial charge in [-0.15, -0.1) is 0 Å². The average Bonchev–Trinajstić information content (AvgIpc) is 2.69. The van der Waals surface area contributed by atoms with E-state index in [0.29, 0.717) is 23.8 Å². The molecule has 0 heterocycles. The quantitative estimate of drug-likeness (QED) is 0.599. The van der Waals surface area contributed by atoms with Crippen molar-refractivity contribution in [3.05, 3.63) is 48.0 Å². The third-order valence-electron chi connectivity index (χ3n) is 3.92. The molecule has 0 radical (unpaired) electrons. The lowest BCUT2D eigenvalue weighted by Gasteiger charge is -2.15. The SMILES string of the molecule is COc1ccc(CCNC[C@@H](O)COc2ccccc2OC)cc1OC. The van der Waals surface area contributed by atoms with Crippen LogP contribution in [0.4, 0.5) is 0 Å². The van der Waals surface area contributed by atoms with Crippen LogP contribution in [-0.2, 0) is 6.42 Å². The molecule has 0 bridgehead atoms. The monoisotopic (exact) mass is 361 g/mol. The summed E-state index contributed by atoms with van der Waals surface area (Å²) in [5, 5.41) is 13.3. The van der Waals surface area contributed by atoms with E-state index >= 15 is 0 Å². The highest BCUT2D eigenvalue weighted by Gasteiger charge is 2.08. The predicted octanol–water partition coefficient (Wildman–Crippen LogP) is 2.28. The van der Waals surface area contributed by atoms with E-state index in [1.165, 1.54) is 0 Å². The lowest BCUT2D eigenvalue weighted by molar-refractivity contribution is 0.105. The van der Waals surface area contributed by atoms with Crippen molar-refractivity contribution in [1.82, 2.24) is 5.32 Å². The first-order valence-electron chi connectivity index (χ1n) is 8.53. The molecule has 2 aromatic carbocycles. The Morgan fingerprint density at radius 2 is 1.54 bits per heavy atom. The number of methoxy groups -OCH3 is 3. The Bertz CT molecular complexity index is 677. The molecule has 6 heteroatoms. The van der Waals surface area contributed by atoms with Crippen molar-refractivity contribution >= 4 is 0 Å². The second-order valence-electron chi connectivity index (χ2n) is 5.76. The van der Waals surface area contributed by atoms with Gasteiger partial charge in [-0.25, -0.2) is 0 Å². The van der Waals surface area contributed by atoms with Crippen LogP contribution < -0.4 is 24.3 Å². The fraction of sp³-hybridized carbons (Fsp3) is 0.400. The van der Waals surface area contributed by atoms with Crippen molar-refractivity contribution in [2.75, 3.05) is 41.0 Å². The molecule has 6 nitrogen and oxygen atoms in total. The van der Waals surface area contributed by atoms with Gasteiger partial charge in [0.15, 0.2) is 23.0 Å². The summed E-state index contributed by atoms with van der Waals surface area (Å²) in [4.78, 5) is 0. The van der Waals surface area contributed by atoms with Gasteiger partial charge in [-0.3, -0.25) is 0 Å². The van der Waals surface area contributed by atoms with E-state index in [0.717, 1.165) is 24.3 Å². The molecule has 0 unspecified atom stereocenters. The van der Waals surface area contributed by atoms with E-state index in [1.54, 1.807) is 21.3 Å². The molecule has 0 aliphatic carbocycles. The Kier molecular flexibility index (Phi) is 8.05. The Morgan fingerprint density at radius 1 is 0.885 bits per heavy atom. The van der Waals surface area contributed by atoms with Gasteiger partial charge in [-0.1, -0.05) is 18.2 Å². The van der Waals surface area contributed by atoms with Crippen LogP contribution in [-0.4, -0.2) is 52.2 Å². The molecule has 0 aromatic heterocycles. The fourth-order valence-corrected chi connectivity index (χ4v) is 2.52. The van der Waals surface area contributed by atoms with Crippen molar-refractivity contribution in [3.63, 3.8) is 0 Å². The number of hydrogen-bond donors (Lipinski definition) is 2. The molecule has 2 N–H and O–H groups in total. The minimum Gasteiger partial charge on any atom is -0.493 e. The number of para-hydroxylation sites is 2. The highest BCUT2D eigenvalue weighted by Crippen LogP contribution is 2.27. The summed E-state index contributed by atoms with van der Waals surface area (Å²) >= 11 is 0. The minimum absolute atomic E-state index is 0.198. The number of hydrogen-bond acceptors (Lipinski definition) is 6. The first kappa shape index (κ1) is 19.9. The van der Waals surface area contributed by atoms with Gasteiger partial charge in [-0.2, -0.15) is 0 Å². The predicted molar refractivity (Wildman–Crippen MR) is 101 cm³/mol. The molecule has 0 saturated heterocycles. The second-order valence-corrected chi connectivity index (χ2v) is 5.76. The zero-order chi connectivity index (χ0) is 18.8. The summed E-state index contributed by atoms with van der Waals surface area (Å²) in [7, 11) is 4.83. The molecule has 0 aliphatic heterocycles. The summed E-state index contributed by atoms with van der Waals surface area (Å²) in [6.07, 6.45) is 0.214. The number of rotatable bonds is 11. The zero-order valence-corrected chi connectivity index (χ0v) is 15.5. The summed E-state index contributed by atoms with van der Waals surface area (Å²) in [6.45, 7) is 1.38. The smallest absolute Gasteiger partial charge is 0.161 e. The van der Waals surface area contributed by atoms with Crippen molar-refractivity contribution in [1.29, 1.82) is 0 Å². The summed E-state index contributed by atoms with van der Waals surface area (Å²) in [5.41, 5.74) is 1.13. The van der Waals surface area contributed by atoms with Crippen LogP contribution >= 0.6 is 0 Å². The Balaban J connectivity index is 1.71. The molecule has 0 amide bonds. The maximum atomic E-state index is 10.1. The van der Waals surface area contributed by atoms with Crippen molar-refractivity contribution in [2.24, 2.45) is 0 Å². The maximum absolute atomic E-state index is 10.1. The van der Waals surface area contributed by atoms with Gasteiger partial charge < -0.3 is 29.4 Å². The number of ether oxygens (including phenoxy) is 4. The third-order valence-corrected chi connectivity index (χ3v) is 3.92. The average molecular weight is 361 g/mol. The van der Waals surface area contributed by atoms with E-state index in [1.807, 2.05) is 42.5 Å². The molecular formula is C20H27NO5. The highest BCUT2D eigenvalue weighted by atomic mass is 16.5. The standard InChI is InChI=1S/C20H27NO5/c1-23-17-6-4-5-7-19(17)26-14-16(22)13-21-11-10-15-8-9-18(24-2)20(12-15)25-3/h4-9,12,16,21-22H,10-11,13-14H2,1-3H3/t16-/m1/s1. The number of aliphatic hydroxyl groups is 1. The first-order valence-corrected chi connectivity index (χ1v) is 8.53. The summed E-state index contributed by atoms with van der Waals surface area (Å²) < 4.78 is 21.4. The molecule has 2 rings (SSSR count). The Morgan fingerprint density at radius 3 is 2.23 bits per heavy atom. The van der Waals surface area contributed by atoms with Gasteiger partial charge in [-0.05, 0) is 42.8 Å². The zero-order valence-electron chi connectivity index (χ0n) is 15.5. The van der Waals surface area contributed by atoms with Gasteiger partial charge in [0, 0.05) is 6.54 Å². The number of benzene rings is 2. The molecular weight excluding hydrogens is 334 g/mol. The lowest BCUT2D eigenvalue weighted by atomic mass is 10.1. The van der Waals surface area contributed by atoms with E-state index < -0.39 is 6.10 Å². The van der Waals surface area contributed by atoms with Crippen molar-refractivity contribution in [2.45, 2.75) is 12.5 Å². The highest BCUT2D eigenvalue weighted by molar-refractivity contribution is 5.43. The molecule has 0 spiro atoms. The van der Waals surface area contributed by atoms with Crippen LogP contribution in [0.1, 0.15) is 5.56 Å². The summed E-state index contributed by atoms with van der Waals surface area (Å²) in [6, 6.07) is 13.2. The topological polar surface area (TPSA) is 69.2 Å². The molecule has 0 fully saturated rings. The van der Waals surface area contributed by atoms with Gasteiger partial charge in [0.05, 0.1) is 21.3 Å². The molecule has 1 atom stereocenters. The first-order chi connectivity index (χ1) is 12.7. The molecule has 0 saturated carbocycles. The van der Waals surface area contributed by atoms with E-state index in [-0.39, 0.29) is 6.61 Å². The Labute approximate surface area is 154 Å².